The maximum absolute atomic E-state index is 12.6. The van der Waals surface area contributed by atoms with Crippen molar-refractivity contribution < 1.29 is 14.4 Å². The highest BCUT2D eigenvalue weighted by atomic mass is 16.7. The number of hydrogen-bond acceptors (Lipinski definition) is 4. The minimum Gasteiger partial charge on any atom is -0.321 e. The Kier molecular flexibility index (Phi) is 9.27. The molecule has 0 spiro atoms. The van der Waals surface area contributed by atoms with E-state index in [1.54, 1.807) is 0 Å². The highest BCUT2D eigenvalue weighted by Gasteiger charge is 2.27. The van der Waals surface area contributed by atoms with Gasteiger partial charge in [0, 0.05) is 5.92 Å². The molecule has 0 saturated carbocycles. The van der Waals surface area contributed by atoms with E-state index in [4.69, 9.17) is 10.6 Å². The van der Waals surface area contributed by atoms with Crippen molar-refractivity contribution in [1.82, 2.24) is 5.06 Å². The number of hydrogen-bond donors (Lipinski definition) is 1. The van der Waals surface area contributed by atoms with E-state index in [2.05, 4.69) is 6.92 Å². The Morgan fingerprint density at radius 3 is 2.50 bits per heavy atom. The normalized spacial score (nSPS) is 13.5. The molecule has 0 radical (unpaired) electrons. The Hall–Kier alpha value is -1.72. The predicted octanol–water partition coefficient (Wildman–Crippen LogP) is 2.94. The minimum absolute atomic E-state index is 0.00797. The smallest absolute Gasteiger partial charge is 0.233 e. The van der Waals surface area contributed by atoms with Crippen molar-refractivity contribution in [3.63, 3.8) is 0 Å². The predicted molar refractivity (Wildman–Crippen MR) is 94.8 cm³/mol. The van der Waals surface area contributed by atoms with Crippen molar-refractivity contribution in [3.05, 3.63) is 35.9 Å². The highest BCUT2D eigenvalue weighted by Crippen LogP contribution is 2.16. The first-order chi connectivity index (χ1) is 11.5. The summed E-state index contributed by atoms with van der Waals surface area (Å²) in [6, 6.07) is 9.11. The number of nitrogens with two attached hydrogens (primary N) is 1. The van der Waals surface area contributed by atoms with Crippen LogP contribution in [0.15, 0.2) is 30.3 Å². The number of amides is 1. The van der Waals surface area contributed by atoms with E-state index < -0.39 is 6.04 Å². The molecule has 5 nitrogen and oxygen atoms in total. The van der Waals surface area contributed by atoms with Gasteiger partial charge in [-0.05, 0) is 17.9 Å². The molecule has 5 heteroatoms. The van der Waals surface area contributed by atoms with Gasteiger partial charge in [0.25, 0.3) is 0 Å². The van der Waals surface area contributed by atoms with Crippen LogP contribution in [-0.2, 0) is 21.0 Å². The first kappa shape index (κ1) is 20.3. The molecule has 1 rings (SSSR count). The van der Waals surface area contributed by atoms with Crippen molar-refractivity contribution >= 4 is 12.2 Å². The molecule has 134 valence electrons. The van der Waals surface area contributed by atoms with Crippen LogP contribution < -0.4 is 5.73 Å². The number of rotatable bonds is 12. The van der Waals surface area contributed by atoms with Crippen LogP contribution in [0.5, 0.6) is 0 Å². The molecule has 0 aromatic heterocycles. The van der Waals surface area contributed by atoms with Crippen LogP contribution in [0.2, 0.25) is 0 Å². The van der Waals surface area contributed by atoms with Crippen molar-refractivity contribution in [2.75, 3.05) is 6.54 Å². The molecule has 1 aromatic carbocycles. The first-order valence-corrected chi connectivity index (χ1v) is 8.67. The third-order valence-corrected chi connectivity index (χ3v) is 4.11. The van der Waals surface area contributed by atoms with E-state index in [1.165, 1.54) is 5.06 Å². The fourth-order valence-electron chi connectivity index (χ4n) is 2.45. The van der Waals surface area contributed by atoms with Crippen molar-refractivity contribution in [2.24, 2.45) is 17.6 Å². The van der Waals surface area contributed by atoms with Gasteiger partial charge in [-0.15, -0.1) is 0 Å². The van der Waals surface area contributed by atoms with Crippen LogP contribution >= 0.6 is 0 Å². The number of Topliss-reactive ketones (excluding diaryl/α,β-unsaturated/α-hetero) is 1. The Balaban J connectivity index is 2.67. The lowest BCUT2D eigenvalue weighted by Crippen LogP contribution is -2.43. The van der Waals surface area contributed by atoms with Crippen molar-refractivity contribution in [1.29, 1.82) is 0 Å². The number of hydroxylamine groups is 2. The van der Waals surface area contributed by atoms with Crippen LogP contribution in [0.4, 0.5) is 0 Å². The molecule has 0 aliphatic carbocycles. The summed E-state index contributed by atoms with van der Waals surface area (Å²) in [6.07, 6.45) is 3.27. The lowest BCUT2D eigenvalue weighted by atomic mass is 9.88. The van der Waals surface area contributed by atoms with E-state index in [0.717, 1.165) is 24.8 Å². The van der Waals surface area contributed by atoms with Gasteiger partial charge in [-0.3, -0.25) is 14.4 Å². The average Bonchev–Trinajstić information content (AvgIpc) is 2.60. The lowest BCUT2D eigenvalue weighted by molar-refractivity contribution is -0.182. The van der Waals surface area contributed by atoms with Crippen molar-refractivity contribution in [3.8, 4) is 0 Å². The maximum atomic E-state index is 12.6. The van der Waals surface area contributed by atoms with Gasteiger partial charge in [0.1, 0.15) is 6.61 Å². The molecule has 1 aromatic rings. The van der Waals surface area contributed by atoms with Gasteiger partial charge in [0.2, 0.25) is 6.41 Å². The topological polar surface area (TPSA) is 72.6 Å². The molecule has 0 saturated heterocycles. The molecule has 0 unspecified atom stereocenters. The second-order valence-electron chi connectivity index (χ2n) is 6.48. The van der Waals surface area contributed by atoms with Crippen molar-refractivity contribution in [2.45, 2.75) is 52.7 Å². The van der Waals surface area contributed by atoms with E-state index >= 15 is 0 Å². The number of carbonyl (C=O) groups excluding carboxylic acids is 2. The van der Waals surface area contributed by atoms with E-state index in [0.29, 0.717) is 13.0 Å². The third-order valence-electron chi connectivity index (χ3n) is 4.11. The molecule has 0 heterocycles. The molecule has 0 aliphatic rings. The van der Waals surface area contributed by atoms with Gasteiger partial charge in [-0.25, -0.2) is 5.06 Å². The lowest BCUT2D eigenvalue weighted by Gasteiger charge is -2.26. The van der Waals surface area contributed by atoms with E-state index in [1.807, 2.05) is 44.2 Å². The van der Waals surface area contributed by atoms with Gasteiger partial charge < -0.3 is 5.73 Å². The van der Waals surface area contributed by atoms with Gasteiger partial charge in [0.05, 0.1) is 12.6 Å². The summed E-state index contributed by atoms with van der Waals surface area (Å²) in [5, 5.41) is 1.22. The summed E-state index contributed by atoms with van der Waals surface area (Å²) in [7, 11) is 0. The maximum Gasteiger partial charge on any atom is 0.233 e. The summed E-state index contributed by atoms with van der Waals surface area (Å²) >= 11 is 0. The van der Waals surface area contributed by atoms with Gasteiger partial charge >= 0.3 is 0 Å². The summed E-state index contributed by atoms with van der Waals surface area (Å²) in [5.41, 5.74) is 6.99. The summed E-state index contributed by atoms with van der Waals surface area (Å²) in [6.45, 7) is 6.49. The van der Waals surface area contributed by atoms with Crippen LogP contribution in [0.25, 0.3) is 0 Å². The molecule has 1 amide bonds. The van der Waals surface area contributed by atoms with Crippen LogP contribution in [0.1, 0.15) is 45.6 Å². The molecular formula is C19H30N2O3. The molecule has 2 N–H and O–H groups in total. The zero-order chi connectivity index (χ0) is 17.9. The summed E-state index contributed by atoms with van der Waals surface area (Å²) in [5.74, 6) is -0.200. The van der Waals surface area contributed by atoms with Gasteiger partial charge in [0.15, 0.2) is 5.78 Å². The molecular weight excluding hydrogens is 304 g/mol. The van der Waals surface area contributed by atoms with Gasteiger partial charge in [-0.2, -0.15) is 0 Å². The fourth-order valence-corrected chi connectivity index (χ4v) is 2.45. The Morgan fingerprint density at radius 1 is 1.29 bits per heavy atom. The number of unbranched alkanes of at least 4 members (excludes halogenated alkanes) is 1. The number of ketones is 1. The fraction of sp³-hybridized carbons (Fsp3) is 0.579. The average molecular weight is 334 g/mol. The van der Waals surface area contributed by atoms with Crippen LogP contribution in [0.3, 0.4) is 0 Å². The largest absolute Gasteiger partial charge is 0.321 e. The highest BCUT2D eigenvalue weighted by molar-refractivity contribution is 5.86. The molecule has 0 bridgehead atoms. The SMILES string of the molecule is CCCC[C@H](CN(C=O)OCc1ccccc1)C(=O)[C@@H](N)C(C)C. The second-order valence-corrected chi connectivity index (χ2v) is 6.48. The summed E-state index contributed by atoms with van der Waals surface area (Å²) in [4.78, 5) is 29.5. The number of benzene rings is 1. The Bertz CT molecular complexity index is 491. The Labute approximate surface area is 145 Å². The van der Waals surface area contributed by atoms with Gasteiger partial charge in [-0.1, -0.05) is 63.9 Å². The molecule has 0 fully saturated rings. The number of carbonyl (C=O) groups is 2. The molecule has 2 atom stereocenters. The molecule has 24 heavy (non-hydrogen) atoms. The standard InChI is InChI=1S/C19H30N2O3/c1-4-5-11-17(19(23)18(20)15(2)3)12-21(14-22)24-13-16-9-7-6-8-10-16/h6-10,14-15,17-18H,4-5,11-13,20H2,1-3H3/t17-,18+/m1/s1. The minimum atomic E-state index is -0.505. The first-order valence-electron chi connectivity index (χ1n) is 8.67. The Morgan fingerprint density at radius 2 is 1.96 bits per heavy atom. The monoisotopic (exact) mass is 334 g/mol. The number of nitrogens with zero attached hydrogens (tertiary/aromatic N) is 1. The van der Waals surface area contributed by atoms with E-state index in [-0.39, 0.29) is 24.2 Å². The quantitative estimate of drug-likeness (QED) is 0.471. The van der Waals surface area contributed by atoms with E-state index in [9.17, 15) is 9.59 Å². The van der Waals surface area contributed by atoms with Crippen LogP contribution in [0, 0.1) is 11.8 Å². The second kappa shape index (κ2) is 10.9. The van der Waals surface area contributed by atoms with Crippen LogP contribution in [-0.4, -0.2) is 29.8 Å². The molecule has 0 aliphatic heterocycles. The summed E-state index contributed by atoms with van der Waals surface area (Å²) < 4.78 is 0. The third kappa shape index (κ3) is 6.81. The zero-order valence-electron chi connectivity index (χ0n) is 15.0. The zero-order valence-corrected chi connectivity index (χ0v) is 15.0.